The van der Waals surface area contributed by atoms with Gasteiger partial charge in [0.15, 0.2) is 0 Å². The van der Waals surface area contributed by atoms with Gasteiger partial charge in [-0.15, -0.1) is 0 Å². The van der Waals surface area contributed by atoms with Gasteiger partial charge in [0.05, 0.1) is 17.9 Å². The summed E-state index contributed by atoms with van der Waals surface area (Å²) >= 11 is 0. The number of nitriles is 1. The van der Waals surface area contributed by atoms with Crippen molar-refractivity contribution in [3.63, 3.8) is 0 Å². The zero-order valence-corrected chi connectivity index (χ0v) is 11.2. The van der Waals surface area contributed by atoms with Crippen molar-refractivity contribution in [2.45, 2.75) is 19.3 Å². The first-order chi connectivity index (χ1) is 9.10. The van der Waals surface area contributed by atoms with Crippen LogP contribution in [0.4, 0.5) is 0 Å². The second-order valence-electron chi connectivity index (χ2n) is 5.24. The fraction of sp³-hybridized carbons (Fsp3) is 0.467. The van der Waals surface area contributed by atoms with Crippen molar-refractivity contribution < 1.29 is 4.79 Å². The third kappa shape index (κ3) is 3.33. The Kier molecular flexibility index (Phi) is 4.18. The Morgan fingerprint density at radius 2 is 2.21 bits per heavy atom. The van der Waals surface area contributed by atoms with Crippen molar-refractivity contribution in [2.75, 3.05) is 19.6 Å². The lowest BCUT2D eigenvalue weighted by atomic mass is 9.99. The van der Waals surface area contributed by atoms with E-state index < -0.39 is 0 Å². The number of aryl methyl sites for hydroxylation is 1. The van der Waals surface area contributed by atoms with Crippen molar-refractivity contribution in [3.05, 3.63) is 35.4 Å². The zero-order valence-electron chi connectivity index (χ0n) is 11.2. The Bertz CT molecular complexity index is 489. The number of likely N-dealkylation sites (tertiary alicyclic amines) is 1. The average molecular weight is 257 g/mol. The van der Waals surface area contributed by atoms with Crippen LogP contribution in [-0.2, 0) is 4.79 Å². The lowest BCUT2D eigenvalue weighted by molar-refractivity contribution is -0.121. The lowest BCUT2D eigenvalue weighted by Gasteiger charge is -2.19. The highest BCUT2D eigenvalue weighted by Gasteiger charge is 2.28. The Hall–Kier alpha value is -1.86. The largest absolute Gasteiger partial charge is 0.369 e. The maximum Gasteiger partial charge on any atom is 0.221 e. The number of carbonyl (C=O) groups excluding carboxylic acids is 1. The van der Waals surface area contributed by atoms with Crippen LogP contribution in [0.5, 0.6) is 0 Å². The minimum atomic E-state index is -0.230. The number of carbonyl (C=O) groups is 1. The molecule has 1 aromatic carbocycles. The lowest BCUT2D eigenvalue weighted by Crippen LogP contribution is -2.29. The van der Waals surface area contributed by atoms with Crippen LogP contribution in [0.3, 0.4) is 0 Å². The first-order valence-corrected chi connectivity index (χ1v) is 6.58. The Labute approximate surface area is 113 Å². The van der Waals surface area contributed by atoms with Crippen LogP contribution in [0.2, 0.25) is 0 Å². The molecule has 0 saturated carbocycles. The van der Waals surface area contributed by atoms with Gasteiger partial charge in [0.2, 0.25) is 5.91 Å². The zero-order chi connectivity index (χ0) is 13.8. The molecule has 1 amide bonds. The van der Waals surface area contributed by atoms with E-state index in [-0.39, 0.29) is 17.7 Å². The molecule has 1 aromatic rings. The molecule has 0 aromatic heterocycles. The Morgan fingerprint density at radius 1 is 1.53 bits per heavy atom. The molecule has 0 bridgehead atoms. The van der Waals surface area contributed by atoms with Crippen molar-refractivity contribution in [3.8, 4) is 6.07 Å². The van der Waals surface area contributed by atoms with Crippen molar-refractivity contribution >= 4 is 5.91 Å². The summed E-state index contributed by atoms with van der Waals surface area (Å²) < 4.78 is 0. The van der Waals surface area contributed by atoms with Gasteiger partial charge in [-0.3, -0.25) is 4.79 Å². The SMILES string of the molecule is Cc1ccc([C@H](C#N)CN2CC[C@H](C(N)=O)C2)cc1. The molecule has 1 heterocycles. The summed E-state index contributed by atoms with van der Waals surface area (Å²) in [5.74, 6) is -0.434. The van der Waals surface area contributed by atoms with E-state index in [0.29, 0.717) is 13.1 Å². The van der Waals surface area contributed by atoms with E-state index in [4.69, 9.17) is 5.73 Å². The van der Waals surface area contributed by atoms with E-state index >= 15 is 0 Å². The predicted octanol–water partition coefficient (Wildman–Crippen LogP) is 1.41. The van der Waals surface area contributed by atoms with Crippen LogP contribution >= 0.6 is 0 Å². The highest BCUT2D eigenvalue weighted by Crippen LogP contribution is 2.22. The number of amides is 1. The molecule has 1 fully saturated rings. The number of hydrogen-bond acceptors (Lipinski definition) is 3. The molecular weight excluding hydrogens is 238 g/mol. The molecular formula is C15H19N3O. The molecule has 2 atom stereocenters. The smallest absolute Gasteiger partial charge is 0.221 e. The van der Waals surface area contributed by atoms with Gasteiger partial charge in [-0.05, 0) is 25.5 Å². The van der Waals surface area contributed by atoms with Crippen molar-refractivity contribution in [1.82, 2.24) is 4.90 Å². The van der Waals surface area contributed by atoms with Crippen molar-refractivity contribution in [2.24, 2.45) is 11.7 Å². The average Bonchev–Trinajstić information content (AvgIpc) is 2.86. The van der Waals surface area contributed by atoms with Crippen LogP contribution < -0.4 is 5.73 Å². The number of rotatable bonds is 4. The van der Waals surface area contributed by atoms with E-state index in [2.05, 4.69) is 11.0 Å². The highest BCUT2D eigenvalue weighted by atomic mass is 16.1. The molecule has 19 heavy (non-hydrogen) atoms. The van der Waals surface area contributed by atoms with E-state index in [1.165, 1.54) is 5.56 Å². The normalized spacial score (nSPS) is 20.9. The topological polar surface area (TPSA) is 70.1 Å². The molecule has 100 valence electrons. The number of nitrogens with two attached hydrogens (primary N) is 1. The van der Waals surface area contributed by atoms with E-state index in [1.807, 2.05) is 31.2 Å². The van der Waals surface area contributed by atoms with E-state index in [1.54, 1.807) is 0 Å². The summed E-state index contributed by atoms with van der Waals surface area (Å²) in [4.78, 5) is 13.3. The Balaban J connectivity index is 1.99. The summed E-state index contributed by atoms with van der Waals surface area (Å²) in [5, 5.41) is 9.32. The molecule has 0 spiro atoms. The minimum absolute atomic E-state index is 0.0580. The maximum absolute atomic E-state index is 11.1. The summed E-state index contributed by atoms with van der Waals surface area (Å²) in [5.41, 5.74) is 7.55. The highest BCUT2D eigenvalue weighted by molar-refractivity contribution is 5.77. The first kappa shape index (κ1) is 13.6. The number of hydrogen-bond donors (Lipinski definition) is 1. The van der Waals surface area contributed by atoms with Gasteiger partial charge in [0, 0.05) is 13.1 Å². The summed E-state index contributed by atoms with van der Waals surface area (Å²) in [6, 6.07) is 10.4. The van der Waals surface area contributed by atoms with Crippen LogP contribution in [0, 0.1) is 24.2 Å². The van der Waals surface area contributed by atoms with Gasteiger partial charge >= 0.3 is 0 Å². The van der Waals surface area contributed by atoms with E-state index in [0.717, 1.165) is 18.5 Å². The third-order valence-electron chi connectivity index (χ3n) is 3.75. The number of nitrogens with zero attached hydrogens (tertiary/aromatic N) is 2. The predicted molar refractivity (Wildman–Crippen MR) is 73.3 cm³/mol. The molecule has 2 N–H and O–H groups in total. The summed E-state index contributed by atoms with van der Waals surface area (Å²) in [6.07, 6.45) is 0.807. The quantitative estimate of drug-likeness (QED) is 0.886. The molecule has 0 unspecified atom stereocenters. The first-order valence-electron chi connectivity index (χ1n) is 6.58. The van der Waals surface area contributed by atoms with Gasteiger partial charge in [-0.25, -0.2) is 0 Å². The molecule has 1 aliphatic heterocycles. The molecule has 4 heteroatoms. The molecule has 0 radical (unpaired) electrons. The van der Waals surface area contributed by atoms with Crippen LogP contribution in [-0.4, -0.2) is 30.4 Å². The molecule has 2 rings (SSSR count). The minimum Gasteiger partial charge on any atom is -0.369 e. The maximum atomic E-state index is 11.1. The second-order valence-corrected chi connectivity index (χ2v) is 5.24. The van der Waals surface area contributed by atoms with Gasteiger partial charge in [-0.2, -0.15) is 5.26 Å². The monoisotopic (exact) mass is 257 g/mol. The number of primary amides is 1. The van der Waals surface area contributed by atoms with Crippen LogP contribution in [0.1, 0.15) is 23.5 Å². The third-order valence-corrected chi connectivity index (χ3v) is 3.75. The second kappa shape index (κ2) is 5.85. The molecule has 1 aliphatic rings. The molecule has 4 nitrogen and oxygen atoms in total. The molecule has 0 aliphatic carbocycles. The fourth-order valence-electron chi connectivity index (χ4n) is 2.51. The summed E-state index contributed by atoms with van der Waals surface area (Å²) in [7, 11) is 0. The fourth-order valence-corrected chi connectivity index (χ4v) is 2.51. The van der Waals surface area contributed by atoms with Crippen LogP contribution in [0.15, 0.2) is 24.3 Å². The van der Waals surface area contributed by atoms with Gasteiger partial charge in [0.25, 0.3) is 0 Å². The molecule has 1 saturated heterocycles. The standard InChI is InChI=1S/C15H19N3O/c1-11-2-4-12(5-3-11)14(8-16)10-18-7-6-13(9-18)15(17)19/h2-5,13-14H,6-7,9-10H2,1H3,(H2,17,19)/t13-,14+/m0/s1. The van der Waals surface area contributed by atoms with Crippen LogP contribution in [0.25, 0.3) is 0 Å². The van der Waals surface area contributed by atoms with Crippen molar-refractivity contribution in [1.29, 1.82) is 5.26 Å². The Morgan fingerprint density at radius 3 is 2.74 bits per heavy atom. The van der Waals surface area contributed by atoms with Gasteiger partial charge < -0.3 is 10.6 Å². The van der Waals surface area contributed by atoms with Gasteiger partial charge in [0.1, 0.15) is 0 Å². The summed E-state index contributed by atoms with van der Waals surface area (Å²) in [6.45, 7) is 4.23. The number of benzene rings is 1. The van der Waals surface area contributed by atoms with E-state index in [9.17, 15) is 10.1 Å². The van der Waals surface area contributed by atoms with Gasteiger partial charge in [-0.1, -0.05) is 29.8 Å².